The molecule has 130 valence electrons. The average molecular weight is 330 g/mol. The van der Waals surface area contributed by atoms with Gasteiger partial charge in [0.1, 0.15) is 11.7 Å². The number of carbonyl (C=O) groups excluding carboxylic acids is 1. The van der Waals surface area contributed by atoms with Gasteiger partial charge in [0.25, 0.3) is 0 Å². The molecule has 2 atom stereocenters. The Morgan fingerprint density at radius 3 is 2.54 bits per heavy atom. The minimum atomic E-state index is -0.511. The second-order valence-corrected chi connectivity index (χ2v) is 7.20. The van der Waals surface area contributed by atoms with Gasteiger partial charge in [0.05, 0.1) is 17.3 Å². The number of hydrogen-bond acceptors (Lipinski definition) is 5. The maximum absolute atomic E-state index is 12.0. The molecule has 0 unspecified atom stereocenters. The molecular weight excluding hydrogens is 304 g/mol. The predicted molar refractivity (Wildman–Crippen MR) is 94.6 cm³/mol. The summed E-state index contributed by atoms with van der Waals surface area (Å²) in [7, 11) is 0. The molecule has 1 aliphatic carbocycles. The Balaban J connectivity index is 2.03. The first kappa shape index (κ1) is 17.9. The number of carbonyl (C=O) groups is 1. The Morgan fingerprint density at radius 2 is 1.96 bits per heavy atom. The Labute approximate surface area is 143 Å². The zero-order valence-electron chi connectivity index (χ0n) is 14.6. The van der Waals surface area contributed by atoms with Crippen molar-refractivity contribution in [3.8, 4) is 6.07 Å². The zero-order chi connectivity index (χ0) is 17.7. The smallest absolute Gasteiger partial charge is 0.407 e. The van der Waals surface area contributed by atoms with E-state index in [1.165, 1.54) is 0 Å². The molecule has 0 heterocycles. The first-order valence-corrected chi connectivity index (χ1v) is 8.34. The van der Waals surface area contributed by atoms with Gasteiger partial charge in [-0.2, -0.15) is 5.26 Å². The van der Waals surface area contributed by atoms with Crippen molar-refractivity contribution in [2.45, 2.75) is 64.1 Å². The van der Waals surface area contributed by atoms with Crippen molar-refractivity contribution >= 4 is 17.5 Å². The Bertz CT molecular complexity index is 631. The number of ether oxygens (including phenoxy) is 1. The van der Waals surface area contributed by atoms with Gasteiger partial charge in [-0.25, -0.2) is 4.79 Å². The van der Waals surface area contributed by atoms with Crippen LogP contribution in [0.15, 0.2) is 18.2 Å². The fraction of sp³-hybridized carbons (Fsp3) is 0.556. The maximum atomic E-state index is 12.0. The summed E-state index contributed by atoms with van der Waals surface area (Å²) in [5, 5.41) is 15.4. The van der Waals surface area contributed by atoms with E-state index in [0.717, 1.165) is 31.4 Å². The van der Waals surface area contributed by atoms with Crippen LogP contribution in [0.2, 0.25) is 0 Å². The van der Waals surface area contributed by atoms with Crippen molar-refractivity contribution < 1.29 is 9.53 Å². The summed E-state index contributed by atoms with van der Waals surface area (Å²) in [4.78, 5) is 12.0. The molecule has 1 fully saturated rings. The third-order valence-corrected chi connectivity index (χ3v) is 3.99. The van der Waals surface area contributed by atoms with Crippen LogP contribution in [-0.2, 0) is 4.74 Å². The molecule has 0 bridgehead atoms. The highest BCUT2D eigenvalue weighted by atomic mass is 16.6. The largest absolute Gasteiger partial charge is 0.444 e. The molecule has 0 saturated heterocycles. The van der Waals surface area contributed by atoms with Gasteiger partial charge in [-0.05, 0) is 51.8 Å². The summed E-state index contributed by atoms with van der Waals surface area (Å²) < 4.78 is 5.35. The quantitative estimate of drug-likeness (QED) is 0.738. The number of nitriles is 1. The highest BCUT2D eigenvalue weighted by Gasteiger charge is 2.28. The molecular formula is C18H26N4O2. The Morgan fingerprint density at radius 1 is 1.29 bits per heavy atom. The topological polar surface area (TPSA) is 100 Å². The number of alkyl carbamates (subject to hydrolysis) is 1. The predicted octanol–water partition coefficient (Wildman–Crippen LogP) is 3.39. The molecule has 1 amide bonds. The molecule has 0 spiro atoms. The van der Waals surface area contributed by atoms with Crippen LogP contribution in [0.25, 0.3) is 0 Å². The third-order valence-electron chi connectivity index (χ3n) is 3.99. The molecule has 1 aromatic rings. The van der Waals surface area contributed by atoms with Gasteiger partial charge in [0.15, 0.2) is 0 Å². The summed E-state index contributed by atoms with van der Waals surface area (Å²) >= 11 is 0. The molecule has 1 saturated carbocycles. The Kier molecular flexibility index (Phi) is 5.55. The molecule has 0 aliphatic heterocycles. The minimum Gasteiger partial charge on any atom is -0.444 e. The first-order chi connectivity index (χ1) is 11.3. The molecule has 1 aromatic carbocycles. The highest BCUT2D eigenvalue weighted by Crippen LogP contribution is 2.25. The van der Waals surface area contributed by atoms with E-state index in [1.807, 2.05) is 26.8 Å². The number of benzene rings is 1. The summed E-state index contributed by atoms with van der Waals surface area (Å²) in [5.41, 5.74) is 7.13. The number of nitrogens with one attached hydrogen (secondary N) is 2. The van der Waals surface area contributed by atoms with E-state index in [2.05, 4.69) is 16.7 Å². The number of nitrogens with zero attached hydrogens (tertiary/aromatic N) is 1. The summed E-state index contributed by atoms with van der Waals surface area (Å²) in [6.45, 7) is 5.55. The van der Waals surface area contributed by atoms with Crippen molar-refractivity contribution in [2.24, 2.45) is 0 Å². The van der Waals surface area contributed by atoms with Crippen molar-refractivity contribution in [2.75, 3.05) is 11.1 Å². The number of nitrogens with two attached hydrogens (primary N) is 1. The molecule has 24 heavy (non-hydrogen) atoms. The summed E-state index contributed by atoms with van der Waals surface area (Å²) in [6, 6.07) is 7.48. The van der Waals surface area contributed by atoms with E-state index >= 15 is 0 Å². The first-order valence-electron chi connectivity index (χ1n) is 8.34. The van der Waals surface area contributed by atoms with Gasteiger partial charge in [0, 0.05) is 11.7 Å². The standard InChI is InChI=1S/C18H26N4O2/c1-18(2,3)24-17(23)22-16-7-5-4-6-15(16)21-13-9-8-12(11-19)14(20)10-13/h8-10,15-16,21H,4-7,20H2,1-3H3,(H,22,23)/t15-,16+/m0/s1. The summed E-state index contributed by atoms with van der Waals surface area (Å²) in [6.07, 6.45) is 3.66. The number of anilines is 2. The van der Waals surface area contributed by atoms with Gasteiger partial charge in [-0.1, -0.05) is 12.8 Å². The highest BCUT2D eigenvalue weighted by molar-refractivity contribution is 5.68. The normalized spacial score (nSPS) is 20.8. The van der Waals surface area contributed by atoms with Crippen LogP contribution in [-0.4, -0.2) is 23.8 Å². The van der Waals surface area contributed by atoms with Gasteiger partial charge < -0.3 is 21.1 Å². The van der Waals surface area contributed by atoms with E-state index in [1.54, 1.807) is 12.1 Å². The number of amides is 1. The van der Waals surface area contributed by atoms with E-state index in [-0.39, 0.29) is 18.2 Å². The van der Waals surface area contributed by atoms with Crippen LogP contribution in [0, 0.1) is 11.3 Å². The van der Waals surface area contributed by atoms with Crippen LogP contribution < -0.4 is 16.4 Å². The molecule has 1 aliphatic rings. The SMILES string of the molecule is CC(C)(C)OC(=O)N[C@@H]1CCCC[C@@H]1Nc1ccc(C#N)c(N)c1. The molecule has 0 aromatic heterocycles. The van der Waals surface area contributed by atoms with E-state index in [0.29, 0.717) is 11.3 Å². The number of nitrogen functional groups attached to an aromatic ring is 1. The van der Waals surface area contributed by atoms with E-state index in [4.69, 9.17) is 15.7 Å². The molecule has 0 radical (unpaired) electrons. The van der Waals surface area contributed by atoms with E-state index in [9.17, 15) is 4.79 Å². The zero-order valence-corrected chi connectivity index (χ0v) is 14.6. The summed E-state index contributed by atoms with van der Waals surface area (Å²) in [5.74, 6) is 0. The lowest BCUT2D eigenvalue weighted by Gasteiger charge is -2.34. The molecule has 6 nitrogen and oxygen atoms in total. The van der Waals surface area contributed by atoms with E-state index < -0.39 is 5.60 Å². The second-order valence-electron chi connectivity index (χ2n) is 7.20. The fourth-order valence-electron chi connectivity index (χ4n) is 2.90. The third kappa shape index (κ3) is 5.05. The lowest BCUT2D eigenvalue weighted by atomic mass is 9.90. The van der Waals surface area contributed by atoms with Crippen LogP contribution in [0.5, 0.6) is 0 Å². The number of rotatable bonds is 3. The van der Waals surface area contributed by atoms with Gasteiger partial charge in [-0.15, -0.1) is 0 Å². The van der Waals surface area contributed by atoms with Crippen LogP contribution in [0.4, 0.5) is 16.2 Å². The minimum absolute atomic E-state index is 0.00506. The van der Waals surface area contributed by atoms with Crippen molar-refractivity contribution in [3.63, 3.8) is 0 Å². The van der Waals surface area contributed by atoms with Gasteiger partial charge in [0.2, 0.25) is 0 Å². The van der Waals surface area contributed by atoms with Gasteiger partial charge >= 0.3 is 6.09 Å². The van der Waals surface area contributed by atoms with Crippen molar-refractivity contribution in [1.82, 2.24) is 5.32 Å². The van der Waals surface area contributed by atoms with Crippen molar-refractivity contribution in [1.29, 1.82) is 5.26 Å². The lowest BCUT2D eigenvalue weighted by Crippen LogP contribution is -2.49. The van der Waals surface area contributed by atoms with Crippen LogP contribution in [0.1, 0.15) is 52.0 Å². The van der Waals surface area contributed by atoms with Crippen molar-refractivity contribution in [3.05, 3.63) is 23.8 Å². The monoisotopic (exact) mass is 330 g/mol. The Hall–Kier alpha value is -2.42. The number of hydrogen-bond donors (Lipinski definition) is 3. The fourth-order valence-corrected chi connectivity index (χ4v) is 2.90. The van der Waals surface area contributed by atoms with Gasteiger partial charge in [-0.3, -0.25) is 0 Å². The van der Waals surface area contributed by atoms with Crippen LogP contribution in [0.3, 0.4) is 0 Å². The molecule has 2 rings (SSSR count). The molecule has 4 N–H and O–H groups in total. The molecule has 6 heteroatoms. The lowest BCUT2D eigenvalue weighted by molar-refractivity contribution is 0.0488. The van der Waals surface area contributed by atoms with Crippen LogP contribution >= 0.6 is 0 Å². The maximum Gasteiger partial charge on any atom is 0.407 e. The average Bonchev–Trinajstić information content (AvgIpc) is 2.47. The second kappa shape index (κ2) is 7.43.